The Morgan fingerprint density at radius 2 is 1.61 bits per heavy atom. The summed E-state index contributed by atoms with van der Waals surface area (Å²) in [6.07, 6.45) is 1.16. The Kier molecular flexibility index (Phi) is 9.40. The Labute approximate surface area is 266 Å². The molecule has 0 spiro atoms. The zero-order valence-electron chi connectivity index (χ0n) is 23.8. The Balaban J connectivity index is 1.18. The second-order valence-electron chi connectivity index (χ2n) is 10.7. The molecule has 1 saturated heterocycles. The molecule has 0 radical (unpaired) electrons. The van der Waals surface area contributed by atoms with Crippen molar-refractivity contribution < 1.29 is 19.4 Å². The summed E-state index contributed by atoms with van der Waals surface area (Å²) in [4.78, 5) is 16.6. The number of rotatable bonds is 9. The van der Waals surface area contributed by atoms with Crippen molar-refractivity contribution in [1.82, 2.24) is 14.9 Å². The number of hydrogen-bond acceptors (Lipinski definition) is 5. The molecule has 6 rings (SSSR count). The normalized spacial score (nSPS) is 18.2. The first kappa shape index (κ1) is 30.1. The van der Waals surface area contributed by atoms with Gasteiger partial charge in [0.2, 0.25) is 0 Å². The number of aliphatic hydroxyl groups excluding tert-OH is 1. The van der Waals surface area contributed by atoms with E-state index in [1.165, 1.54) is 0 Å². The number of amides is 1. The number of halogens is 2. The van der Waals surface area contributed by atoms with Gasteiger partial charge in [-0.1, -0.05) is 108 Å². The number of ether oxygens (including phenoxy) is 2. The number of carbonyl (C=O) groups excluding carboxylic acids is 1. The van der Waals surface area contributed by atoms with E-state index in [-0.39, 0.29) is 29.9 Å². The molecule has 0 aliphatic carbocycles. The summed E-state index contributed by atoms with van der Waals surface area (Å²) in [5.74, 6) is -0.104. The minimum Gasteiger partial charge on any atom is -0.392 e. The summed E-state index contributed by atoms with van der Waals surface area (Å²) < 4.78 is 14.7. The minimum absolute atomic E-state index is 0.0162. The van der Waals surface area contributed by atoms with E-state index in [0.717, 1.165) is 33.4 Å². The molecule has 0 saturated carbocycles. The molecule has 1 aromatic heterocycles. The Hall–Kier alpha value is -3.98. The number of aliphatic hydroxyl groups is 1. The summed E-state index contributed by atoms with van der Waals surface area (Å²) in [5.41, 5.74) is 6.45. The number of hydrogen-bond donors (Lipinski definition) is 2. The van der Waals surface area contributed by atoms with Crippen molar-refractivity contribution in [2.45, 2.75) is 44.6 Å². The van der Waals surface area contributed by atoms with Gasteiger partial charge in [-0.2, -0.15) is 0 Å². The van der Waals surface area contributed by atoms with Crippen molar-refractivity contribution >= 4 is 29.1 Å². The maximum absolute atomic E-state index is 12.5. The molecule has 44 heavy (non-hydrogen) atoms. The van der Waals surface area contributed by atoms with E-state index < -0.39 is 6.29 Å². The SMILES string of the molecule is O=C(NCc1cccc(-c2ccc([C@@H]3O[C@H](Cn4cnc(Cl)c4Cl)C[C@H](c4ccc(CO)cc4)O3)cc2)c1)c1ccccc1. The van der Waals surface area contributed by atoms with E-state index in [1.807, 2.05) is 84.9 Å². The Bertz CT molecular complexity index is 1710. The smallest absolute Gasteiger partial charge is 0.251 e. The third kappa shape index (κ3) is 7.04. The molecular formula is C35H31Cl2N3O4. The van der Waals surface area contributed by atoms with Gasteiger partial charge < -0.3 is 24.5 Å². The number of carbonyl (C=O) groups is 1. The molecule has 1 aliphatic rings. The third-order valence-electron chi connectivity index (χ3n) is 7.68. The fourth-order valence-electron chi connectivity index (χ4n) is 5.29. The van der Waals surface area contributed by atoms with Crippen molar-refractivity contribution in [3.8, 4) is 11.1 Å². The molecular weight excluding hydrogens is 597 g/mol. The molecule has 1 aliphatic heterocycles. The van der Waals surface area contributed by atoms with Crippen LogP contribution >= 0.6 is 23.2 Å². The molecule has 1 fully saturated rings. The second kappa shape index (κ2) is 13.8. The summed E-state index contributed by atoms with van der Waals surface area (Å²) in [6, 6.07) is 33.2. The van der Waals surface area contributed by atoms with E-state index in [4.69, 9.17) is 32.7 Å². The highest BCUT2D eigenvalue weighted by Crippen LogP contribution is 2.39. The molecule has 2 heterocycles. The van der Waals surface area contributed by atoms with Crippen LogP contribution in [0.25, 0.3) is 11.1 Å². The van der Waals surface area contributed by atoms with Gasteiger partial charge in [-0.25, -0.2) is 4.98 Å². The number of nitrogens with zero attached hydrogens (tertiary/aromatic N) is 2. The van der Waals surface area contributed by atoms with Gasteiger partial charge in [-0.3, -0.25) is 4.79 Å². The van der Waals surface area contributed by atoms with Crippen LogP contribution in [0.15, 0.2) is 109 Å². The predicted octanol–water partition coefficient (Wildman–Crippen LogP) is 7.52. The van der Waals surface area contributed by atoms with Gasteiger partial charge in [-0.05, 0) is 46.0 Å². The molecule has 0 unspecified atom stereocenters. The topological polar surface area (TPSA) is 85.6 Å². The highest BCUT2D eigenvalue weighted by atomic mass is 35.5. The second-order valence-corrected chi connectivity index (χ2v) is 11.4. The van der Waals surface area contributed by atoms with E-state index in [1.54, 1.807) is 23.0 Å². The number of aromatic nitrogens is 2. The maximum Gasteiger partial charge on any atom is 0.251 e. The molecule has 224 valence electrons. The third-order valence-corrected chi connectivity index (χ3v) is 8.45. The molecule has 2 N–H and O–H groups in total. The average molecular weight is 629 g/mol. The van der Waals surface area contributed by atoms with Gasteiger partial charge in [-0.15, -0.1) is 0 Å². The lowest BCUT2D eigenvalue weighted by atomic mass is 9.99. The van der Waals surface area contributed by atoms with Crippen LogP contribution in [0.1, 0.15) is 51.4 Å². The molecule has 3 atom stereocenters. The van der Waals surface area contributed by atoms with E-state index in [0.29, 0.717) is 30.2 Å². The lowest BCUT2D eigenvalue weighted by Crippen LogP contribution is -2.32. The Morgan fingerprint density at radius 3 is 2.32 bits per heavy atom. The maximum atomic E-state index is 12.5. The summed E-state index contributed by atoms with van der Waals surface area (Å²) >= 11 is 12.4. The molecule has 4 aromatic carbocycles. The van der Waals surface area contributed by atoms with Crippen LogP contribution in [0.4, 0.5) is 0 Å². The van der Waals surface area contributed by atoms with Gasteiger partial charge in [0.1, 0.15) is 5.15 Å². The lowest BCUT2D eigenvalue weighted by Gasteiger charge is -2.36. The quantitative estimate of drug-likeness (QED) is 0.176. The van der Waals surface area contributed by atoms with Crippen LogP contribution in [0.3, 0.4) is 0 Å². The zero-order chi connectivity index (χ0) is 30.5. The summed E-state index contributed by atoms with van der Waals surface area (Å²) in [6.45, 7) is 0.880. The van der Waals surface area contributed by atoms with Gasteiger partial charge >= 0.3 is 0 Å². The first-order valence-corrected chi connectivity index (χ1v) is 15.1. The summed E-state index contributed by atoms with van der Waals surface area (Å²) in [5, 5.41) is 13.1. The van der Waals surface area contributed by atoms with Crippen molar-refractivity contribution in [2.24, 2.45) is 0 Å². The van der Waals surface area contributed by atoms with Crippen LogP contribution in [0.5, 0.6) is 0 Å². The van der Waals surface area contributed by atoms with Crippen LogP contribution in [0, 0.1) is 0 Å². The van der Waals surface area contributed by atoms with Crippen molar-refractivity contribution in [1.29, 1.82) is 0 Å². The number of imidazole rings is 1. The zero-order valence-corrected chi connectivity index (χ0v) is 25.3. The van der Waals surface area contributed by atoms with Gasteiger partial charge in [0.25, 0.3) is 5.91 Å². The summed E-state index contributed by atoms with van der Waals surface area (Å²) in [7, 11) is 0. The fraction of sp³-hybridized carbons (Fsp3) is 0.200. The van der Waals surface area contributed by atoms with Crippen LogP contribution in [-0.4, -0.2) is 26.7 Å². The largest absolute Gasteiger partial charge is 0.392 e. The Morgan fingerprint density at radius 1 is 0.864 bits per heavy atom. The van der Waals surface area contributed by atoms with E-state index in [2.05, 4.69) is 16.4 Å². The highest BCUT2D eigenvalue weighted by Gasteiger charge is 2.33. The number of nitrogens with one attached hydrogen (secondary N) is 1. The number of benzene rings is 4. The lowest BCUT2D eigenvalue weighted by molar-refractivity contribution is -0.252. The van der Waals surface area contributed by atoms with Crippen LogP contribution < -0.4 is 5.32 Å². The van der Waals surface area contributed by atoms with Crippen molar-refractivity contribution in [3.63, 3.8) is 0 Å². The van der Waals surface area contributed by atoms with Crippen molar-refractivity contribution in [3.05, 3.63) is 148 Å². The molecule has 9 heteroatoms. The fourth-order valence-corrected chi connectivity index (χ4v) is 5.60. The molecule has 7 nitrogen and oxygen atoms in total. The first-order chi connectivity index (χ1) is 21.5. The molecule has 5 aromatic rings. The van der Waals surface area contributed by atoms with Gasteiger partial charge in [0.15, 0.2) is 11.4 Å². The first-order valence-electron chi connectivity index (χ1n) is 14.4. The molecule has 1 amide bonds. The van der Waals surface area contributed by atoms with Crippen molar-refractivity contribution in [2.75, 3.05) is 0 Å². The molecule has 0 bridgehead atoms. The van der Waals surface area contributed by atoms with Gasteiger partial charge in [0, 0.05) is 24.1 Å². The van der Waals surface area contributed by atoms with E-state index in [9.17, 15) is 9.90 Å². The standard InChI is InChI=1S/C35H31Cl2N3O4/c36-32-33(37)40(22-39-32)20-30-18-31(26-11-9-23(21-41)10-12-26)44-35(43-30)28-15-13-25(14-16-28)29-8-4-5-24(17-29)19-38-34(42)27-6-2-1-3-7-27/h1-17,22,30-31,35,41H,18-21H2,(H,38,42)/t30-,31+,35+/m0/s1. The highest BCUT2D eigenvalue weighted by molar-refractivity contribution is 6.40. The van der Waals surface area contributed by atoms with Crippen LogP contribution in [-0.2, 0) is 29.2 Å². The predicted molar refractivity (Wildman–Crippen MR) is 170 cm³/mol. The van der Waals surface area contributed by atoms with Crippen LogP contribution in [0.2, 0.25) is 10.3 Å². The monoisotopic (exact) mass is 627 g/mol. The van der Waals surface area contributed by atoms with E-state index >= 15 is 0 Å². The van der Waals surface area contributed by atoms with Gasteiger partial charge in [0.05, 0.1) is 31.7 Å². The average Bonchev–Trinajstić information content (AvgIpc) is 3.39. The minimum atomic E-state index is -0.609.